The van der Waals surface area contributed by atoms with Crippen LogP contribution >= 0.6 is 23.2 Å². The second-order valence-electron chi connectivity index (χ2n) is 6.28. The number of aromatic nitrogens is 1. The average molecular weight is 432 g/mol. The molecule has 148 valence electrons. The highest BCUT2D eigenvalue weighted by atomic mass is 35.5. The summed E-state index contributed by atoms with van der Waals surface area (Å²) in [6.45, 7) is -0.0977. The predicted molar refractivity (Wildman–Crippen MR) is 97.0 cm³/mol. The molecule has 1 aromatic carbocycles. The summed E-state index contributed by atoms with van der Waals surface area (Å²) in [6, 6.07) is 7.35. The Morgan fingerprint density at radius 1 is 1.21 bits per heavy atom. The van der Waals surface area contributed by atoms with Crippen LogP contribution in [-0.4, -0.2) is 34.3 Å². The molecule has 1 fully saturated rings. The number of nitrogens with one attached hydrogen (secondary N) is 1. The minimum atomic E-state index is -4.51. The van der Waals surface area contributed by atoms with Crippen molar-refractivity contribution in [3.05, 3.63) is 63.4 Å². The van der Waals surface area contributed by atoms with Gasteiger partial charge >= 0.3 is 6.18 Å². The number of halogens is 5. The molecule has 2 heterocycles. The molecule has 1 aliphatic heterocycles. The van der Waals surface area contributed by atoms with Gasteiger partial charge in [0, 0.05) is 19.5 Å². The second-order valence-corrected chi connectivity index (χ2v) is 7.02. The zero-order valence-corrected chi connectivity index (χ0v) is 15.8. The fraction of sp³-hybridized carbons (Fsp3) is 0.278. The van der Waals surface area contributed by atoms with Crippen molar-refractivity contribution in [2.24, 2.45) is 0 Å². The van der Waals surface area contributed by atoms with Gasteiger partial charge in [-0.1, -0.05) is 41.4 Å². The van der Waals surface area contributed by atoms with Crippen LogP contribution in [0.2, 0.25) is 10.3 Å². The van der Waals surface area contributed by atoms with Crippen molar-refractivity contribution in [3.8, 4) is 0 Å². The van der Waals surface area contributed by atoms with Gasteiger partial charge in [-0.15, -0.1) is 0 Å². The fourth-order valence-corrected chi connectivity index (χ4v) is 3.44. The number of alkyl halides is 3. The van der Waals surface area contributed by atoms with Crippen molar-refractivity contribution in [1.82, 2.24) is 15.2 Å². The molecule has 1 aliphatic rings. The van der Waals surface area contributed by atoms with Gasteiger partial charge in [-0.3, -0.25) is 9.59 Å². The number of nitrogens with zero attached hydrogens (tertiary/aromatic N) is 2. The number of pyridine rings is 1. The van der Waals surface area contributed by atoms with Crippen molar-refractivity contribution in [2.45, 2.75) is 25.2 Å². The first-order chi connectivity index (χ1) is 13.1. The van der Waals surface area contributed by atoms with E-state index in [1.54, 1.807) is 0 Å². The molecule has 1 aromatic heterocycles. The molecule has 0 aliphatic carbocycles. The van der Waals surface area contributed by atoms with E-state index < -0.39 is 23.7 Å². The maximum absolute atomic E-state index is 13.1. The largest absolute Gasteiger partial charge is 0.416 e. The Bertz CT molecular complexity index is 921. The molecule has 1 atom stereocenters. The van der Waals surface area contributed by atoms with E-state index in [-0.39, 0.29) is 46.9 Å². The smallest absolute Gasteiger partial charge is 0.347 e. The first kappa shape index (κ1) is 20.4. The Morgan fingerprint density at radius 3 is 2.61 bits per heavy atom. The number of hydrogen-bond acceptors (Lipinski definition) is 3. The van der Waals surface area contributed by atoms with Crippen molar-refractivity contribution in [1.29, 1.82) is 0 Å². The van der Waals surface area contributed by atoms with E-state index in [9.17, 15) is 22.8 Å². The minimum absolute atomic E-state index is 0.000252. The zero-order chi connectivity index (χ0) is 20.5. The summed E-state index contributed by atoms with van der Waals surface area (Å²) < 4.78 is 39.4. The highest BCUT2D eigenvalue weighted by molar-refractivity contribution is 6.34. The monoisotopic (exact) mass is 431 g/mol. The molecule has 0 bridgehead atoms. The number of carbonyl (C=O) groups is 2. The lowest BCUT2D eigenvalue weighted by Gasteiger charge is -2.20. The molecule has 3 rings (SSSR count). The number of likely N-dealkylation sites (tertiary alicyclic amines) is 1. The summed E-state index contributed by atoms with van der Waals surface area (Å²) >= 11 is 11.6. The van der Waals surface area contributed by atoms with Crippen LogP contribution < -0.4 is 5.32 Å². The predicted octanol–water partition coefficient (Wildman–Crippen LogP) is 3.94. The third-order valence-electron chi connectivity index (χ3n) is 4.29. The van der Waals surface area contributed by atoms with Crippen molar-refractivity contribution in [3.63, 3.8) is 0 Å². The quantitative estimate of drug-likeness (QED) is 0.745. The van der Waals surface area contributed by atoms with Crippen LogP contribution in [-0.2, 0) is 17.5 Å². The van der Waals surface area contributed by atoms with Gasteiger partial charge in [0.1, 0.15) is 10.3 Å². The molecule has 2 amide bonds. The molecule has 1 N–H and O–H groups in total. The molecular formula is C18H14Cl2F3N3O2. The van der Waals surface area contributed by atoms with Gasteiger partial charge in [0.2, 0.25) is 5.91 Å². The van der Waals surface area contributed by atoms with Crippen LogP contribution in [0.5, 0.6) is 0 Å². The summed E-state index contributed by atoms with van der Waals surface area (Å²) in [5.74, 6) is -0.882. The third-order valence-corrected chi connectivity index (χ3v) is 4.79. The first-order valence-corrected chi connectivity index (χ1v) is 8.96. The van der Waals surface area contributed by atoms with E-state index in [0.717, 1.165) is 6.07 Å². The molecule has 28 heavy (non-hydrogen) atoms. The van der Waals surface area contributed by atoms with Crippen molar-refractivity contribution < 1.29 is 22.8 Å². The van der Waals surface area contributed by atoms with Crippen molar-refractivity contribution >= 4 is 35.0 Å². The van der Waals surface area contributed by atoms with Crippen molar-refractivity contribution in [2.75, 3.05) is 6.54 Å². The van der Waals surface area contributed by atoms with E-state index in [2.05, 4.69) is 10.3 Å². The Labute approximate surface area is 168 Å². The SMILES string of the molecule is O=C(NC1CC(=O)N(Cc2ccccc2C(F)(F)F)C1)c1ccc(Cl)nc1Cl. The average Bonchev–Trinajstić information content (AvgIpc) is 2.93. The normalized spacial score (nSPS) is 17.1. The third kappa shape index (κ3) is 4.56. The number of benzene rings is 1. The summed E-state index contributed by atoms with van der Waals surface area (Å²) in [5, 5.41) is 2.71. The lowest BCUT2D eigenvalue weighted by Crippen LogP contribution is -2.37. The number of amides is 2. The number of hydrogen-bond donors (Lipinski definition) is 1. The minimum Gasteiger partial charge on any atom is -0.347 e. The Kier molecular flexibility index (Phi) is 5.81. The zero-order valence-electron chi connectivity index (χ0n) is 14.3. The molecule has 0 saturated carbocycles. The number of rotatable bonds is 4. The Hall–Kier alpha value is -2.32. The van der Waals surface area contributed by atoms with Gasteiger partial charge in [-0.2, -0.15) is 13.2 Å². The van der Waals surface area contributed by atoms with Crippen LogP contribution in [0.1, 0.15) is 27.9 Å². The topological polar surface area (TPSA) is 62.3 Å². The highest BCUT2D eigenvalue weighted by Gasteiger charge is 2.36. The molecular weight excluding hydrogens is 418 g/mol. The summed E-state index contributed by atoms with van der Waals surface area (Å²) in [6.07, 6.45) is -4.52. The van der Waals surface area contributed by atoms with E-state index in [1.807, 2.05) is 0 Å². The fourth-order valence-electron chi connectivity index (χ4n) is 3.01. The maximum Gasteiger partial charge on any atom is 0.416 e. The maximum atomic E-state index is 13.1. The summed E-state index contributed by atoms with van der Waals surface area (Å²) in [5.41, 5.74) is -0.686. The molecule has 1 saturated heterocycles. The first-order valence-electron chi connectivity index (χ1n) is 8.21. The molecule has 5 nitrogen and oxygen atoms in total. The molecule has 10 heteroatoms. The van der Waals surface area contributed by atoms with Gasteiger partial charge in [0.05, 0.1) is 17.2 Å². The van der Waals surface area contributed by atoms with E-state index in [1.165, 1.54) is 35.2 Å². The van der Waals surface area contributed by atoms with Gasteiger partial charge in [0.25, 0.3) is 5.91 Å². The molecule has 1 unspecified atom stereocenters. The van der Waals surface area contributed by atoms with E-state index in [0.29, 0.717) is 0 Å². The molecule has 0 radical (unpaired) electrons. The van der Waals surface area contributed by atoms with Crippen LogP contribution in [0.25, 0.3) is 0 Å². The van der Waals surface area contributed by atoms with Gasteiger partial charge in [-0.05, 0) is 23.8 Å². The summed E-state index contributed by atoms with van der Waals surface area (Å²) in [4.78, 5) is 29.6. The highest BCUT2D eigenvalue weighted by Crippen LogP contribution is 2.33. The van der Waals surface area contributed by atoms with Gasteiger partial charge < -0.3 is 10.2 Å². The van der Waals surface area contributed by atoms with Crippen LogP contribution in [0.3, 0.4) is 0 Å². The molecule has 2 aromatic rings. The summed E-state index contributed by atoms with van der Waals surface area (Å²) in [7, 11) is 0. The molecule has 0 spiro atoms. The van der Waals surface area contributed by atoms with Gasteiger partial charge in [-0.25, -0.2) is 4.98 Å². The van der Waals surface area contributed by atoms with Crippen LogP contribution in [0.15, 0.2) is 36.4 Å². The van der Waals surface area contributed by atoms with E-state index in [4.69, 9.17) is 23.2 Å². The lowest BCUT2D eigenvalue weighted by molar-refractivity contribution is -0.139. The lowest BCUT2D eigenvalue weighted by atomic mass is 10.1. The number of carbonyl (C=O) groups excluding carboxylic acids is 2. The Balaban J connectivity index is 1.68. The standard InChI is InChI=1S/C18H14Cl2F3N3O2/c19-14-6-5-12(16(20)25-14)17(28)24-11-7-15(27)26(9-11)8-10-3-1-2-4-13(10)18(21,22)23/h1-6,11H,7-9H2,(H,24,28). The second kappa shape index (κ2) is 7.97. The van der Waals surface area contributed by atoms with Gasteiger partial charge in [0.15, 0.2) is 0 Å². The van der Waals surface area contributed by atoms with Crippen LogP contribution in [0, 0.1) is 0 Å². The van der Waals surface area contributed by atoms with E-state index >= 15 is 0 Å². The van der Waals surface area contributed by atoms with Crippen LogP contribution in [0.4, 0.5) is 13.2 Å². The Morgan fingerprint density at radius 2 is 1.93 bits per heavy atom.